The zero-order valence-electron chi connectivity index (χ0n) is 11.2. The molecular formula is C16H16N2OS. The van der Waals surface area contributed by atoms with Gasteiger partial charge in [0.2, 0.25) is 0 Å². The van der Waals surface area contributed by atoms with Crippen LogP contribution in [0.15, 0.2) is 41.8 Å². The second kappa shape index (κ2) is 6.78. The predicted molar refractivity (Wildman–Crippen MR) is 82.7 cm³/mol. The van der Waals surface area contributed by atoms with E-state index in [0.29, 0.717) is 0 Å². The summed E-state index contributed by atoms with van der Waals surface area (Å²) in [7, 11) is 0. The third-order valence-electron chi connectivity index (χ3n) is 2.86. The summed E-state index contributed by atoms with van der Waals surface area (Å²) in [6.07, 6.45) is 5.14. The Bertz CT molecular complexity index is 596. The van der Waals surface area contributed by atoms with Gasteiger partial charge in [0, 0.05) is 4.88 Å². The molecule has 0 fully saturated rings. The lowest BCUT2D eigenvalue weighted by Gasteiger charge is -2.18. The second-order valence-corrected chi connectivity index (χ2v) is 5.37. The highest BCUT2D eigenvalue weighted by molar-refractivity contribution is 7.10. The van der Waals surface area contributed by atoms with Crippen molar-refractivity contribution in [3.8, 4) is 12.3 Å². The number of urea groups is 1. The van der Waals surface area contributed by atoms with Gasteiger partial charge in [0.1, 0.15) is 0 Å². The SMILES string of the molecule is C#CCNC(=O)NC(c1ccc(C)cc1)c1cccs1. The summed E-state index contributed by atoms with van der Waals surface area (Å²) in [5.41, 5.74) is 2.24. The highest BCUT2D eigenvalue weighted by Gasteiger charge is 2.17. The number of thiophene rings is 1. The Hall–Kier alpha value is -2.25. The fourth-order valence-corrected chi connectivity index (χ4v) is 2.65. The Labute approximate surface area is 123 Å². The highest BCUT2D eigenvalue weighted by atomic mass is 32.1. The first-order valence-corrected chi connectivity index (χ1v) is 7.16. The lowest BCUT2D eigenvalue weighted by atomic mass is 10.0. The zero-order chi connectivity index (χ0) is 14.4. The van der Waals surface area contributed by atoms with Crippen LogP contribution in [0.2, 0.25) is 0 Å². The molecule has 0 saturated carbocycles. The van der Waals surface area contributed by atoms with Gasteiger partial charge in [-0.3, -0.25) is 0 Å². The number of amides is 2. The van der Waals surface area contributed by atoms with E-state index < -0.39 is 0 Å². The molecule has 2 rings (SSSR count). The second-order valence-electron chi connectivity index (χ2n) is 4.39. The van der Waals surface area contributed by atoms with Crippen LogP contribution in [0, 0.1) is 19.3 Å². The third-order valence-corrected chi connectivity index (χ3v) is 3.80. The van der Waals surface area contributed by atoms with Crippen molar-refractivity contribution in [1.82, 2.24) is 10.6 Å². The van der Waals surface area contributed by atoms with Crippen molar-refractivity contribution in [2.24, 2.45) is 0 Å². The summed E-state index contributed by atoms with van der Waals surface area (Å²) in [6, 6.07) is 11.7. The van der Waals surface area contributed by atoms with Gasteiger partial charge in [-0.2, -0.15) is 0 Å². The smallest absolute Gasteiger partial charge is 0.316 e. The Morgan fingerprint density at radius 3 is 2.70 bits per heavy atom. The maximum Gasteiger partial charge on any atom is 0.316 e. The molecule has 0 spiro atoms. The molecule has 0 radical (unpaired) electrons. The molecule has 0 saturated heterocycles. The number of nitrogens with one attached hydrogen (secondary N) is 2. The molecule has 1 aromatic heterocycles. The van der Waals surface area contributed by atoms with Crippen LogP contribution in [0.4, 0.5) is 4.79 Å². The average Bonchev–Trinajstić information content (AvgIpc) is 2.97. The molecule has 1 atom stereocenters. The number of hydrogen-bond acceptors (Lipinski definition) is 2. The third kappa shape index (κ3) is 3.62. The summed E-state index contributed by atoms with van der Waals surface area (Å²) in [6.45, 7) is 2.26. The number of aryl methyl sites for hydroxylation is 1. The molecule has 0 aliphatic heterocycles. The molecule has 0 bridgehead atoms. The number of terminal acetylenes is 1. The van der Waals surface area contributed by atoms with Gasteiger partial charge < -0.3 is 10.6 Å². The van der Waals surface area contributed by atoms with Crippen molar-refractivity contribution in [3.63, 3.8) is 0 Å². The number of benzene rings is 1. The van der Waals surface area contributed by atoms with Gasteiger partial charge in [-0.05, 0) is 23.9 Å². The van der Waals surface area contributed by atoms with E-state index in [1.165, 1.54) is 5.56 Å². The van der Waals surface area contributed by atoms with E-state index >= 15 is 0 Å². The summed E-state index contributed by atoms with van der Waals surface area (Å²) in [5.74, 6) is 2.38. The topological polar surface area (TPSA) is 41.1 Å². The van der Waals surface area contributed by atoms with Crippen molar-refractivity contribution in [2.75, 3.05) is 6.54 Å². The first kappa shape index (κ1) is 14.2. The molecule has 0 aliphatic rings. The largest absolute Gasteiger partial charge is 0.327 e. The highest BCUT2D eigenvalue weighted by Crippen LogP contribution is 2.26. The zero-order valence-corrected chi connectivity index (χ0v) is 12.0. The molecule has 0 aliphatic carbocycles. The minimum Gasteiger partial charge on any atom is -0.327 e. The molecule has 102 valence electrons. The molecule has 1 aromatic carbocycles. The van der Waals surface area contributed by atoms with Gasteiger partial charge in [0.25, 0.3) is 0 Å². The molecule has 4 heteroatoms. The normalized spacial score (nSPS) is 11.4. The molecule has 20 heavy (non-hydrogen) atoms. The number of carbonyl (C=O) groups excluding carboxylic acids is 1. The minimum atomic E-state index is -0.262. The van der Waals surface area contributed by atoms with Crippen LogP contribution >= 0.6 is 11.3 Å². The average molecular weight is 284 g/mol. The maximum atomic E-state index is 11.8. The van der Waals surface area contributed by atoms with Crippen LogP contribution in [0.25, 0.3) is 0 Å². The van der Waals surface area contributed by atoms with Crippen LogP contribution < -0.4 is 10.6 Å². The van der Waals surface area contributed by atoms with E-state index in [0.717, 1.165) is 10.4 Å². The predicted octanol–water partition coefficient (Wildman–Crippen LogP) is 3.08. The Kier molecular flexibility index (Phi) is 4.80. The van der Waals surface area contributed by atoms with Gasteiger partial charge in [0.15, 0.2) is 0 Å². The quantitative estimate of drug-likeness (QED) is 0.832. The lowest BCUT2D eigenvalue weighted by molar-refractivity contribution is 0.240. The molecular weight excluding hydrogens is 268 g/mol. The number of rotatable bonds is 4. The summed E-state index contributed by atoms with van der Waals surface area (Å²) < 4.78 is 0. The van der Waals surface area contributed by atoms with Gasteiger partial charge in [-0.15, -0.1) is 17.8 Å². The monoisotopic (exact) mass is 284 g/mol. The van der Waals surface area contributed by atoms with Crippen LogP contribution in [0.1, 0.15) is 22.0 Å². The molecule has 1 unspecified atom stereocenters. The Morgan fingerprint density at radius 2 is 2.10 bits per heavy atom. The van der Waals surface area contributed by atoms with Crippen LogP contribution in [0.5, 0.6) is 0 Å². The van der Waals surface area contributed by atoms with Crippen molar-refractivity contribution in [3.05, 3.63) is 57.8 Å². The van der Waals surface area contributed by atoms with E-state index in [4.69, 9.17) is 6.42 Å². The Morgan fingerprint density at radius 1 is 1.35 bits per heavy atom. The molecule has 2 amide bonds. The van der Waals surface area contributed by atoms with Gasteiger partial charge >= 0.3 is 6.03 Å². The minimum absolute atomic E-state index is 0.159. The van der Waals surface area contributed by atoms with Crippen LogP contribution in [0.3, 0.4) is 0 Å². The maximum absolute atomic E-state index is 11.8. The van der Waals surface area contributed by atoms with E-state index in [2.05, 4.69) is 16.6 Å². The van der Waals surface area contributed by atoms with Gasteiger partial charge in [-0.1, -0.05) is 41.8 Å². The van der Waals surface area contributed by atoms with Crippen molar-refractivity contribution in [2.45, 2.75) is 13.0 Å². The first-order chi connectivity index (χ1) is 9.70. The molecule has 2 N–H and O–H groups in total. The lowest BCUT2D eigenvalue weighted by Crippen LogP contribution is -2.38. The molecule has 2 aromatic rings. The summed E-state index contributed by atoms with van der Waals surface area (Å²) >= 11 is 1.61. The van der Waals surface area contributed by atoms with E-state index in [1.807, 2.05) is 48.7 Å². The fraction of sp³-hybridized carbons (Fsp3) is 0.188. The molecule has 1 heterocycles. The van der Waals surface area contributed by atoms with Gasteiger partial charge in [-0.25, -0.2) is 4.79 Å². The number of hydrogen-bond donors (Lipinski definition) is 2. The number of carbonyl (C=O) groups is 1. The van der Waals surface area contributed by atoms with Crippen molar-refractivity contribution < 1.29 is 4.79 Å². The van der Waals surface area contributed by atoms with E-state index in [9.17, 15) is 4.79 Å². The Balaban J connectivity index is 2.20. The standard InChI is InChI=1S/C16H16N2OS/c1-3-10-17-16(19)18-15(14-5-4-11-20-14)13-8-6-12(2)7-9-13/h1,4-9,11,15H,10H2,2H3,(H2,17,18,19). The van der Waals surface area contributed by atoms with Crippen molar-refractivity contribution >= 4 is 17.4 Å². The first-order valence-electron chi connectivity index (χ1n) is 6.28. The fourth-order valence-electron chi connectivity index (χ4n) is 1.85. The van der Waals surface area contributed by atoms with E-state index in [-0.39, 0.29) is 18.6 Å². The molecule has 3 nitrogen and oxygen atoms in total. The van der Waals surface area contributed by atoms with E-state index in [1.54, 1.807) is 11.3 Å². The van der Waals surface area contributed by atoms with Crippen LogP contribution in [-0.2, 0) is 0 Å². The summed E-state index contributed by atoms with van der Waals surface area (Å²) in [5, 5.41) is 7.58. The van der Waals surface area contributed by atoms with Gasteiger partial charge in [0.05, 0.1) is 12.6 Å². The summed E-state index contributed by atoms with van der Waals surface area (Å²) in [4.78, 5) is 12.9. The van der Waals surface area contributed by atoms with Crippen LogP contribution in [-0.4, -0.2) is 12.6 Å². The van der Waals surface area contributed by atoms with Crippen molar-refractivity contribution in [1.29, 1.82) is 0 Å².